The zero-order valence-corrected chi connectivity index (χ0v) is 12.2. The van der Waals surface area contributed by atoms with Gasteiger partial charge in [0.1, 0.15) is 5.75 Å². The zero-order valence-electron chi connectivity index (χ0n) is 11.4. The number of methoxy groups -OCH3 is 1. The fourth-order valence-corrected chi connectivity index (χ4v) is 2.51. The van der Waals surface area contributed by atoms with Crippen LogP contribution in [0.15, 0.2) is 29.8 Å². The molecule has 0 fully saturated rings. The number of carbonyl (C=O) groups excluding carboxylic acids is 1. The average Bonchev–Trinajstić information content (AvgIpc) is 2.98. The molecule has 0 radical (unpaired) electrons. The molecule has 0 aliphatic heterocycles. The van der Waals surface area contributed by atoms with Gasteiger partial charge in [-0.05, 0) is 18.2 Å². The number of carbonyl (C=O) groups is 1. The second-order valence-corrected chi connectivity index (χ2v) is 5.37. The molecule has 1 heterocycles. The monoisotopic (exact) mass is 291 g/mol. The minimum absolute atomic E-state index is 0.172. The number of rotatable bonds is 5. The molecule has 1 amide bonds. The molecule has 0 aliphatic rings. The average molecular weight is 291 g/mol. The second kappa shape index (κ2) is 6.38. The molecule has 0 saturated heterocycles. The molecule has 20 heavy (non-hydrogen) atoms. The first-order valence-electron chi connectivity index (χ1n) is 6.23. The van der Waals surface area contributed by atoms with Crippen molar-refractivity contribution in [3.8, 4) is 5.75 Å². The largest absolute Gasteiger partial charge is 0.496 e. The Balaban J connectivity index is 2.03. The number of hydrogen-bond donors (Lipinski definition) is 2. The minimum Gasteiger partial charge on any atom is -0.496 e. The van der Waals surface area contributed by atoms with E-state index >= 15 is 0 Å². The van der Waals surface area contributed by atoms with Crippen LogP contribution in [0.3, 0.4) is 0 Å². The van der Waals surface area contributed by atoms with E-state index in [1.807, 2.05) is 12.3 Å². The van der Waals surface area contributed by atoms with Crippen molar-refractivity contribution < 1.29 is 9.53 Å². The SMILES string of the molecule is COc1ccc(N)cc1C(=O)NCC(C)c1nccs1. The predicted octanol–water partition coefficient (Wildman–Crippen LogP) is 2.27. The highest BCUT2D eigenvalue weighted by Gasteiger charge is 2.15. The highest BCUT2D eigenvalue weighted by Crippen LogP contribution is 2.21. The van der Waals surface area contributed by atoms with Gasteiger partial charge in [-0.1, -0.05) is 6.92 Å². The van der Waals surface area contributed by atoms with Crippen LogP contribution < -0.4 is 15.8 Å². The smallest absolute Gasteiger partial charge is 0.255 e. The van der Waals surface area contributed by atoms with E-state index in [1.54, 1.807) is 35.7 Å². The Hall–Kier alpha value is -2.08. The van der Waals surface area contributed by atoms with Crippen molar-refractivity contribution in [1.29, 1.82) is 0 Å². The minimum atomic E-state index is -0.197. The number of nitrogens with two attached hydrogens (primary N) is 1. The van der Waals surface area contributed by atoms with Gasteiger partial charge in [-0.3, -0.25) is 4.79 Å². The Labute approximate surface area is 121 Å². The first-order chi connectivity index (χ1) is 9.61. The third-order valence-electron chi connectivity index (χ3n) is 2.91. The van der Waals surface area contributed by atoms with Gasteiger partial charge in [-0.2, -0.15) is 0 Å². The van der Waals surface area contributed by atoms with Crippen LogP contribution >= 0.6 is 11.3 Å². The van der Waals surface area contributed by atoms with Crippen LogP contribution in [0.2, 0.25) is 0 Å². The molecule has 2 aromatic rings. The molecule has 2 rings (SSSR count). The summed E-state index contributed by atoms with van der Waals surface area (Å²) in [5, 5.41) is 5.81. The maximum absolute atomic E-state index is 12.2. The van der Waals surface area contributed by atoms with Gasteiger partial charge in [0.25, 0.3) is 5.91 Å². The summed E-state index contributed by atoms with van der Waals surface area (Å²) in [4.78, 5) is 16.4. The number of thiazole rings is 1. The molecule has 1 aromatic heterocycles. The molecule has 0 bridgehead atoms. The van der Waals surface area contributed by atoms with Crippen LogP contribution in [0.25, 0.3) is 0 Å². The van der Waals surface area contributed by atoms with Crippen molar-refractivity contribution in [1.82, 2.24) is 10.3 Å². The van der Waals surface area contributed by atoms with Gasteiger partial charge < -0.3 is 15.8 Å². The summed E-state index contributed by atoms with van der Waals surface area (Å²) in [7, 11) is 1.53. The Morgan fingerprint density at radius 2 is 2.35 bits per heavy atom. The van der Waals surface area contributed by atoms with E-state index < -0.39 is 0 Å². The number of anilines is 1. The lowest BCUT2D eigenvalue weighted by Crippen LogP contribution is -2.28. The van der Waals surface area contributed by atoms with Crippen molar-refractivity contribution in [3.63, 3.8) is 0 Å². The van der Waals surface area contributed by atoms with Gasteiger partial charge >= 0.3 is 0 Å². The van der Waals surface area contributed by atoms with E-state index in [9.17, 15) is 4.79 Å². The molecule has 0 spiro atoms. The summed E-state index contributed by atoms with van der Waals surface area (Å²) in [5.41, 5.74) is 6.68. The lowest BCUT2D eigenvalue weighted by Gasteiger charge is -2.12. The van der Waals surface area contributed by atoms with Crippen molar-refractivity contribution in [2.75, 3.05) is 19.4 Å². The second-order valence-electron chi connectivity index (χ2n) is 4.44. The topological polar surface area (TPSA) is 77.2 Å². The summed E-state index contributed by atoms with van der Waals surface area (Å²) in [6.45, 7) is 2.54. The fraction of sp³-hybridized carbons (Fsp3) is 0.286. The number of hydrogen-bond acceptors (Lipinski definition) is 5. The maximum atomic E-state index is 12.2. The van der Waals surface area contributed by atoms with Gasteiger partial charge in [-0.25, -0.2) is 4.98 Å². The van der Waals surface area contributed by atoms with Crippen LogP contribution in [-0.2, 0) is 0 Å². The van der Waals surface area contributed by atoms with E-state index in [1.165, 1.54) is 7.11 Å². The van der Waals surface area contributed by atoms with E-state index in [4.69, 9.17) is 10.5 Å². The van der Waals surface area contributed by atoms with Crippen molar-refractivity contribution >= 4 is 22.9 Å². The number of nitrogen functional groups attached to an aromatic ring is 1. The lowest BCUT2D eigenvalue weighted by molar-refractivity contribution is 0.0948. The summed E-state index contributed by atoms with van der Waals surface area (Å²) in [6.07, 6.45) is 1.76. The standard InChI is InChI=1S/C14H17N3O2S/c1-9(14-16-5-6-20-14)8-17-13(18)11-7-10(15)3-4-12(11)19-2/h3-7,9H,8,15H2,1-2H3,(H,17,18). The number of aromatic nitrogens is 1. The first kappa shape index (κ1) is 14.3. The van der Waals surface area contributed by atoms with Gasteiger partial charge in [0, 0.05) is 29.7 Å². The zero-order chi connectivity index (χ0) is 14.5. The molecular weight excluding hydrogens is 274 g/mol. The van der Waals surface area contributed by atoms with Crippen LogP contribution in [-0.4, -0.2) is 24.5 Å². The molecule has 1 unspecified atom stereocenters. The number of nitrogens with one attached hydrogen (secondary N) is 1. The van der Waals surface area contributed by atoms with Crippen molar-refractivity contribution in [2.45, 2.75) is 12.8 Å². The quantitative estimate of drug-likeness (QED) is 0.828. The number of nitrogens with zero attached hydrogens (tertiary/aromatic N) is 1. The Bertz CT molecular complexity index is 584. The predicted molar refractivity (Wildman–Crippen MR) is 80.3 cm³/mol. The van der Waals surface area contributed by atoms with E-state index in [0.29, 0.717) is 23.5 Å². The third kappa shape index (κ3) is 3.27. The molecule has 0 saturated carbocycles. The van der Waals surface area contributed by atoms with Crippen LogP contribution in [0.4, 0.5) is 5.69 Å². The van der Waals surface area contributed by atoms with Gasteiger partial charge in [-0.15, -0.1) is 11.3 Å². The number of benzene rings is 1. The highest BCUT2D eigenvalue weighted by molar-refractivity contribution is 7.09. The van der Waals surface area contributed by atoms with E-state index in [2.05, 4.69) is 10.3 Å². The summed E-state index contributed by atoms with van der Waals surface area (Å²) in [6, 6.07) is 5.00. The number of amides is 1. The van der Waals surface area contributed by atoms with Crippen LogP contribution in [0.5, 0.6) is 5.75 Å². The van der Waals surface area contributed by atoms with Gasteiger partial charge in [0.05, 0.1) is 17.7 Å². The molecular formula is C14H17N3O2S. The Morgan fingerprint density at radius 3 is 3.00 bits per heavy atom. The molecule has 6 heteroatoms. The van der Waals surface area contributed by atoms with Crippen molar-refractivity contribution in [3.05, 3.63) is 40.3 Å². The highest BCUT2D eigenvalue weighted by atomic mass is 32.1. The van der Waals surface area contributed by atoms with Crippen LogP contribution in [0, 0.1) is 0 Å². The van der Waals surface area contributed by atoms with Gasteiger partial charge in [0.15, 0.2) is 0 Å². The Morgan fingerprint density at radius 1 is 1.55 bits per heavy atom. The fourth-order valence-electron chi connectivity index (χ4n) is 1.81. The molecule has 1 atom stereocenters. The van der Waals surface area contributed by atoms with E-state index in [0.717, 1.165) is 5.01 Å². The lowest BCUT2D eigenvalue weighted by atomic mass is 10.1. The normalized spacial score (nSPS) is 11.9. The third-order valence-corrected chi connectivity index (χ3v) is 3.92. The number of ether oxygens (including phenoxy) is 1. The summed E-state index contributed by atoms with van der Waals surface area (Å²) >= 11 is 1.58. The van der Waals surface area contributed by atoms with Crippen LogP contribution in [0.1, 0.15) is 28.2 Å². The van der Waals surface area contributed by atoms with E-state index in [-0.39, 0.29) is 11.8 Å². The maximum Gasteiger partial charge on any atom is 0.255 e. The molecule has 0 aliphatic carbocycles. The molecule has 106 valence electrons. The molecule has 1 aromatic carbocycles. The summed E-state index contributed by atoms with van der Waals surface area (Å²) in [5.74, 6) is 0.488. The van der Waals surface area contributed by atoms with Crippen molar-refractivity contribution in [2.24, 2.45) is 0 Å². The molecule has 5 nitrogen and oxygen atoms in total. The van der Waals surface area contributed by atoms with Gasteiger partial charge in [0.2, 0.25) is 0 Å². The summed E-state index contributed by atoms with van der Waals surface area (Å²) < 4.78 is 5.17. The molecule has 3 N–H and O–H groups in total. The first-order valence-corrected chi connectivity index (χ1v) is 7.11. The Kier molecular flexibility index (Phi) is 4.57.